The number of hydrogen-bond acceptors (Lipinski definition) is 5. The fraction of sp³-hybridized carbons (Fsp3) is 0.550. The van der Waals surface area contributed by atoms with Crippen molar-refractivity contribution in [3.63, 3.8) is 0 Å². The largest absolute Gasteiger partial charge is 0.355 e. The monoisotopic (exact) mass is 354 g/mol. The van der Waals surface area contributed by atoms with Crippen molar-refractivity contribution in [2.45, 2.75) is 51.0 Å². The van der Waals surface area contributed by atoms with E-state index in [0.717, 1.165) is 38.2 Å². The van der Waals surface area contributed by atoms with Gasteiger partial charge in [0.15, 0.2) is 5.82 Å². The highest BCUT2D eigenvalue weighted by molar-refractivity contribution is 5.78. The molecule has 0 bridgehead atoms. The summed E-state index contributed by atoms with van der Waals surface area (Å²) < 4.78 is 5.38. The summed E-state index contributed by atoms with van der Waals surface area (Å²) in [5, 5.41) is 7.03. The van der Waals surface area contributed by atoms with Gasteiger partial charge in [-0.05, 0) is 30.4 Å². The molecule has 0 saturated heterocycles. The molecule has 0 spiro atoms. The molecule has 0 radical (unpaired) electrons. The van der Waals surface area contributed by atoms with Crippen molar-refractivity contribution in [3.8, 4) is 0 Å². The molecule has 2 aliphatic rings. The summed E-state index contributed by atoms with van der Waals surface area (Å²) >= 11 is 0. The molecule has 0 atom stereocenters. The number of aromatic nitrogens is 2. The second-order valence-corrected chi connectivity index (χ2v) is 7.36. The number of benzene rings is 1. The Balaban J connectivity index is 1.20. The third-order valence-corrected chi connectivity index (χ3v) is 5.44. The van der Waals surface area contributed by atoms with E-state index in [4.69, 9.17) is 4.52 Å². The maximum atomic E-state index is 12.2. The van der Waals surface area contributed by atoms with E-state index in [1.807, 2.05) is 0 Å². The second kappa shape index (κ2) is 7.99. The number of nitrogens with zero attached hydrogens (tertiary/aromatic N) is 3. The second-order valence-electron chi connectivity index (χ2n) is 7.36. The summed E-state index contributed by atoms with van der Waals surface area (Å²) in [4.78, 5) is 18.9. The molecule has 1 amide bonds. The molecular formula is C20H26N4O2. The van der Waals surface area contributed by atoms with Gasteiger partial charge in [0.05, 0.1) is 6.54 Å². The summed E-state index contributed by atoms with van der Waals surface area (Å²) in [6, 6.07) is 8.47. The number of rotatable bonds is 6. The minimum Gasteiger partial charge on any atom is -0.355 e. The first-order valence-electron chi connectivity index (χ1n) is 9.66. The van der Waals surface area contributed by atoms with Gasteiger partial charge in [-0.15, -0.1) is 0 Å². The molecule has 1 aromatic carbocycles. The molecule has 4 rings (SSSR count). The van der Waals surface area contributed by atoms with Crippen molar-refractivity contribution in [1.29, 1.82) is 0 Å². The zero-order valence-corrected chi connectivity index (χ0v) is 15.1. The van der Waals surface area contributed by atoms with Gasteiger partial charge in [-0.2, -0.15) is 4.98 Å². The van der Waals surface area contributed by atoms with Gasteiger partial charge in [-0.3, -0.25) is 9.69 Å². The molecule has 1 aromatic heterocycles. The minimum atomic E-state index is 0.0592. The summed E-state index contributed by atoms with van der Waals surface area (Å²) in [5.74, 6) is 1.96. The molecule has 0 unspecified atom stereocenters. The van der Waals surface area contributed by atoms with Crippen LogP contribution in [0.25, 0.3) is 0 Å². The van der Waals surface area contributed by atoms with Gasteiger partial charge in [-0.25, -0.2) is 0 Å². The number of fused-ring (bicyclic) bond motifs is 1. The Morgan fingerprint density at radius 1 is 1.23 bits per heavy atom. The van der Waals surface area contributed by atoms with Crippen molar-refractivity contribution in [2.24, 2.45) is 0 Å². The average Bonchev–Trinajstić information content (AvgIpc) is 3.33. The molecule has 1 saturated carbocycles. The SMILES string of the molecule is O=C(CN1CCc2ccccc2C1)NCCc1noc(C2CCCC2)n1. The van der Waals surface area contributed by atoms with Crippen molar-refractivity contribution < 1.29 is 9.32 Å². The molecular weight excluding hydrogens is 328 g/mol. The van der Waals surface area contributed by atoms with Crippen LogP contribution in [0.5, 0.6) is 0 Å². The first kappa shape index (κ1) is 17.2. The normalized spacial score (nSPS) is 18.0. The quantitative estimate of drug-likeness (QED) is 0.863. The fourth-order valence-electron chi connectivity index (χ4n) is 3.97. The lowest BCUT2D eigenvalue weighted by Crippen LogP contribution is -2.40. The molecule has 1 aliphatic heterocycles. The van der Waals surface area contributed by atoms with Crippen LogP contribution in [0.3, 0.4) is 0 Å². The van der Waals surface area contributed by atoms with E-state index in [1.54, 1.807) is 0 Å². The number of amides is 1. The van der Waals surface area contributed by atoms with Crippen LogP contribution in [0.1, 0.15) is 54.4 Å². The number of nitrogens with one attached hydrogen (secondary N) is 1. The molecule has 138 valence electrons. The van der Waals surface area contributed by atoms with Gasteiger partial charge in [0.2, 0.25) is 11.8 Å². The Kier molecular flexibility index (Phi) is 5.29. The van der Waals surface area contributed by atoms with Crippen molar-refractivity contribution >= 4 is 5.91 Å². The first-order chi connectivity index (χ1) is 12.8. The van der Waals surface area contributed by atoms with Gasteiger partial charge in [0.1, 0.15) is 0 Å². The maximum Gasteiger partial charge on any atom is 0.234 e. The van der Waals surface area contributed by atoms with Crippen LogP contribution in [-0.2, 0) is 24.2 Å². The Morgan fingerprint density at radius 2 is 2.04 bits per heavy atom. The van der Waals surface area contributed by atoms with E-state index in [1.165, 1.54) is 24.0 Å². The Morgan fingerprint density at radius 3 is 2.88 bits per heavy atom. The first-order valence-corrected chi connectivity index (χ1v) is 9.66. The molecule has 2 heterocycles. The predicted molar refractivity (Wildman–Crippen MR) is 97.6 cm³/mol. The van der Waals surface area contributed by atoms with E-state index in [9.17, 15) is 4.79 Å². The average molecular weight is 354 g/mol. The third-order valence-electron chi connectivity index (χ3n) is 5.44. The fourth-order valence-corrected chi connectivity index (χ4v) is 3.97. The van der Waals surface area contributed by atoms with Crippen LogP contribution >= 0.6 is 0 Å². The van der Waals surface area contributed by atoms with Crippen LogP contribution in [0.2, 0.25) is 0 Å². The van der Waals surface area contributed by atoms with Crippen molar-refractivity contribution in [3.05, 3.63) is 47.1 Å². The summed E-state index contributed by atoms with van der Waals surface area (Å²) in [6.07, 6.45) is 6.43. The van der Waals surface area contributed by atoms with Crippen LogP contribution in [0.4, 0.5) is 0 Å². The highest BCUT2D eigenvalue weighted by Crippen LogP contribution is 2.32. The van der Waals surface area contributed by atoms with E-state index in [0.29, 0.717) is 31.3 Å². The molecule has 26 heavy (non-hydrogen) atoms. The predicted octanol–water partition coefficient (Wildman–Crippen LogP) is 2.44. The van der Waals surface area contributed by atoms with Crippen molar-refractivity contribution in [1.82, 2.24) is 20.4 Å². The lowest BCUT2D eigenvalue weighted by Gasteiger charge is -2.28. The zero-order chi connectivity index (χ0) is 17.8. The highest BCUT2D eigenvalue weighted by Gasteiger charge is 2.23. The van der Waals surface area contributed by atoms with Gasteiger partial charge in [0.25, 0.3) is 0 Å². The van der Waals surface area contributed by atoms with E-state index in [-0.39, 0.29) is 5.91 Å². The van der Waals surface area contributed by atoms with E-state index in [2.05, 4.69) is 44.6 Å². The number of carbonyl (C=O) groups is 1. The Bertz CT molecular complexity index is 752. The van der Waals surface area contributed by atoms with E-state index >= 15 is 0 Å². The summed E-state index contributed by atoms with van der Waals surface area (Å²) in [7, 11) is 0. The van der Waals surface area contributed by atoms with Crippen LogP contribution in [0, 0.1) is 0 Å². The molecule has 6 heteroatoms. The topological polar surface area (TPSA) is 71.3 Å². The van der Waals surface area contributed by atoms with Gasteiger partial charge in [-0.1, -0.05) is 42.3 Å². The van der Waals surface area contributed by atoms with Gasteiger partial charge in [0, 0.05) is 32.0 Å². The number of hydrogen-bond donors (Lipinski definition) is 1. The Labute approximate surface area is 154 Å². The van der Waals surface area contributed by atoms with Crippen LogP contribution in [0.15, 0.2) is 28.8 Å². The summed E-state index contributed by atoms with van der Waals surface area (Å²) in [6.45, 7) is 2.76. The Hall–Kier alpha value is -2.21. The lowest BCUT2D eigenvalue weighted by atomic mass is 10.00. The van der Waals surface area contributed by atoms with Gasteiger partial charge >= 0.3 is 0 Å². The summed E-state index contributed by atoms with van der Waals surface area (Å²) in [5.41, 5.74) is 2.73. The highest BCUT2D eigenvalue weighted by atomic mass is 16.5. The van der Waals surface area contributed by atoms with Crippen molar-refractivity contribution in [2.75, 3.05) is 19.6 Å². The molecule has 2 aromatic rings. The maximum absolute atomic E-state index is 12.2. The smallest absolute Gasteiger partial charge is 0.234 e. The molecule has 6 nitrogen and oxygen atoms in total. The molecule has 1 N–H and O–H groups in total. The minimum absolute atomic E-state index is 0.0592. The molecule has 1 aliphatic carbocycles. The zero-order valence-electron chi connectivity index (χ0n) is 15.1. The number of carbonyl (C=O) groups excluding carboxylic acids is 1. The standard InChI is InChI=1S/C20H26N4O2/c25-19(14-24-12-10-15-5-1-4-8-17(15)13-24)21-11-9-18-22-20(26-23-18)16-6-2-3-7-16/h1,4-5,8,16H,2-3,6-7,9-14H2,(H,21,25). The van der Waals surface area contributed by atoms with Crippen LogP contribution < -0.4 is 5.32 Å². The molecule has 1 fully saturated rings. The van der Waals surface area contributed by atoms with Gasteiger partial charge < -0.3 is 9.84 Å². The third kappa shape index (κ3) is 4.12. The lowest BCUT2D eigenvalue weighted by molar-refractivity contribution is -0.122. The van der Waals surface area contributed by atoms with E-state index < -0.39 is 0 Å². The van der Waals surface area contributed by atoms with Crippen LogP contribution in [-0.4, -0.2) is 40.6 Å².